The zero-order valence-electron chi connectivity index (χ0n) is 26.5. The molecular weight excluding hydrogens is 619 g/mol. The van der Waals surface area contributed by atoms with E-state index in [0.29, 0.717) is 29.5 Å². The third kappa shape index (κ3) is 5.91. The molecule has 13 nitrogen and oxygen atoms in total. The van der Waals surface area contributed by atoms with Gasteiger partial charge in [0.15, 0.2) is 23.8 Å². The molecule has 47 heavy (non-hydrogen) atoms. The zero-order valence-corrected chi connectivity index (χ0v) is 26.5. The predicted molar refractivity (Wildman–Crippen MR) is 159 cm³/mol. The Balaban J connectivity index is 1.17. The lowest BCUT2D eigenvalue weighted by Gasteiger charge is -2.62. The van der Waals surface area contributed by atoms with Crippen LogP contribution in [0, 0.1) is 28.1 Å². The van der Waals surface area contributed by atoms with E-state index < -0.39 is 82.3 Å². The summed E-state index contributed by atoms with van der Waals surface area (Å²) in [6.07, 6.45) is 1.36. The molecule has 8 atom stereocenters. The minimum absolute atomic E-state index is 0.120. The van der Waals surface area contributed by atoms with Crippen molar-refractivity contribution >= 4 is 23.6 Å². The number of allylic oxidation sites excluding steroid dienone is 4. The summed E-state index contributed by atoms with van der Waals surface area (Å²) in [5.74, 6) is -2.77. The summed E-state index contributed by atoms with van der Waals surface area (Å²) in [5.41, 5.74) is -4.04. The number of ether oxygens (including phenoxy) is 2. The number of alkyl halides is 1. The van der Waals surface area contributed by atoms with Gasteiger partial charge in [-0.15, -0.1) is 0 Å². The number of hydrogen-bond donors (Lipinski definition) is 5. The van der Waals surface area contributed by atoms with E-state index in [9.17, 15) is 29.4 Å². The third-order valence-electron chi connectivity index (χ3n) is 11.4. The summed E-state index contributed by atoms with van der Waals surface area (Å²) < 4.78 is 27.6. The van der Waals surface area contributed by atoms with Crippen LogP contribution in [0.2, 0.25) is 0 Å². The van der Waals surface area contributed by atoms with Crippen LogP contribution >= 0.6 is 0 Å². The Labute approximate surface area is 270 Å². The maximum atomic E-state index is 17.3. The van der Waals surface area contributed by atoms with Crippen LogP contribution in [0.4, 0.5) is 9.18 Å². The van der Waals surface area contributed by atoms with Gasteiger partial charge in [-0.25, -0.2) is 14.0 Å². The number of nitrogens with one attached hydrogen (secondary N) is 1. The van der Waals surface area contributed by atoms with E-state index in [1.807, 2.05) is 0 Å². The molecule has 3 fully saturated rings. The molecule has 0 aromatic heterocycles. The van der Waals surface area contributed by atoms with E-state index in [-0.39, 0.29) is 31.8 Å². The first-order chi connectivity index (χ1) is 22.1. The van der Waals surface area contributed by atoms with Crippen LogP contribution in [0.3, 0.4) is 0 Å². The molecule has 5 N–H and O–H groups in total. The molecule has 0 heterocycles. The smallest absolute Gasteiger partial charge is 0.408 e. The summed E-state index contributed by atoms with van der Waals surface area (Å²) in [6, 6.07) is 6.59. The molecule has 4 aliphatic carbocycles. The molecule has 1 aromatic carbocycles. The summed E-state index contributed by atoms with van der Waals surface area (Å²) in [4.78, 5) is 54.9. The fourth-order valence-electron chi connectivity index (χ4n) is 8.59. The molecule has 0 unspecified atom stereocenters. The monoisotopic (exact) mass is 660 g/mol. The number of aliphatic hydroxyl groups excluding tert-OH is 2. The van der Waals surface area contributed by atoms with Crippen LogP contribution < -0.4 is 5.32 Å². The first-order valence-electron chi connectivity index (χ1n) is 15.5. The maximum absolute atomic E-state index is 17.3. The Bertz CT molecular complexity index is 1500. The Morgan fingerprint density at radius 3 is 2.45 bits per heavy atom. The van der Waals surface area contributed by atoms with Gasteiger partial charge in [0.1, 0.15) is 13.2 Å². The first-order valence-corrected chi connectivity index (χ1v) is 15.5. The van der Waals surface area contributed by atoms with Gasteiger partial charge in [-0.05, 0) is 74.1 Å². The topological polar surface area (TPSA) is 192 Å². The van der Waals surface area contributed by atoms with E-state index in [1.165, 1.54) is 12.2 Å². The molecule has 0 aliphatic heterocycles. The van der Waals surface area contributed by atoms with E-state index in [0.717, 1.165) is 0 Å². The van der Waals surface area contributed by atoms with Crippen LogP contribution in [0.1, 0.15) is 57.6 Å². The molecule has 4 aliphatic rings. The number of nitrogens with zero attached hydrogens (tertiary/aromatic N) is 1. The van der Waals surface area contributed by atoms with Crippen LogP contribution in [-0.2, 0) is 41.9 Å². The molecule has 0 saturated heterocycles. The van der Waals surface area contributed by atoms with Crippen molar-refractivity contribution in [2.45, 2.75) is 77.5 Å². The summed E-state index contributed by atoms with van der Waals surface area (Å²) in [5, 5.41) is 41.9. The number of hydrogen-bond acceptors (Lipinski definition) is 12. The van der Waals surface area contributed by atoms with Crippen LogP contribution in [0.15, 0.2) is 48.1 Å². The van der Waals surface area contributed by atoms with Gasteiger partial charge < -0.3 is 25.0 Å². The van der Waals surface area contributed by atoms with Crippen molar-refractivity contribution in [2.75, 3.05) is 13.2 Å². The summed E-state index contributed by atoms with van der Waals surface area (Å²) in [7, 11) is 0. The van der Waals surface area contributed by atoms with Gasteiger partial charge in [0.25, 0.3) is 0 Å². The number of alkyl carbamates (subject to hydrolysis) is 1. The summed E-state index contributed by atoms with van der Waals surface area (Å²) >= 11 is 0. The van der Waals surface area contributed by atoms with Gasteiger partial charge in [0.2, 0.25) is 0 Å². The number of ketones is 2. The van der Waals surface area contributed by atoms with Gasteiger partial charge in [0, 0.05) is 11.3 Å². The van der Waals surface area contributed by atoms with Crippen molar-refractivity contribution in [3.63, 3.8) is 0 Å². The zero-order chi connectivity index (χ0) is 34.4. The quantitative estimate of drug-likeness (QED) is 0.182. The largest absolute Gasteiger partial charge is 0.460 e. The van der Waals surface area contributed by atoms with Gasteiger partial charge in [-0.3, -0.25) is 24.8 Å². The molecule has 3 saturated carbocycles. The van der Waals surface area contributed by atoms with Crippen molar-refractivity contribution in [1.29, 1.82) is 0 Å². The maximum Gasteiger partial charge on any atom is 0.408 e. The average Bonchev–Trinajstić information content (AvgIpc) is 3.23. The number of rotatable bonds is 10. The molecule has 1 amide bonds. The number of carbonyl (C=O) groups is 4. The lowest BCUT2D eigenvalue weighted by Crippen LogP contribution is -2.68. The van der Waals surface area contributed by atoms with Crippen molar-refractivity contribution in [3.8, 4) is 0 Å². The molecule has 256 valence electrons. The first kappa shape index (κ1) is 34.8. The summed E-state index contributed by atoms with van der Waals surface area (Å²) in [6.45, 7) is 3.47. The van der Waals surface area contributed by atoms with Crippen LogP contribution in [0.25, 0.3) is 0 Å². The van der Waals surface area contributed by atoms with E-state index >= 15 is 4.39 Å². The van der Waals surface area contributed by atoms with E-state index in [4.69, 9.17) is 19.9 Å². The van der Waals surface area contributed by atoms with Gasteiger partial charge in [-0.1, -0.05) is 42.8 Å². The van der Waals surface area contributed by atoms with Crippen LogP contribution in [0.5, 0.6) is 0 Å². The number of fused-ring (bicyclic) bond motifs is 5. The highest BCUT2D eigenvalue weighted by molar-refractivity contribution is 6.01. The molecular formula is C33H41FN2O11. The second-order valence-electron chi connectivity index (χ2n) is 13.6. The van der Waals surface area contributed by atoms with E-state index in [2.05, 4.69) is 10.2 Å². The number of esters is 1. The molecule has 1 aromatic rings. The normalized spacial score (nSPS) is 35.8. The van der Waals surface area contributed by atoms with Crippen molar-refractivity contribution in [3.05, 3.63) is 59.2 Å². The number of halogens is 1. The van der Waals surface area contributed by atoms with Gasteiger partial charge in [-0.2, -0.15) is 0 Å². The standard InChI is InChI=1S/C33H41FN2O11/c1-30-10-9-22(37)12-21(30)7-8-23-24-13-25(38)32(3,31(24,2)14-26(39)33(23,30)34)27(40)18-46-29(42)35-15-28(41)45-16-19-5-4-6-20(11-19)17-47-36(43)44/h4-6,9-12,23-26,38-39,43-44H,7-8,13-18H2,1-3H3,(H,35,42)/t23-,24-,25+,26-,30-,31-,32-,33-/m0/s1. The number of aliphatic hydroxyl groups is 2. The van der Waals surface area contributed by atoms with Crippen molar-refractivity contribution < 1.29 is 58.5 Å². The van der Waals surface area contributed by atoms with Crippen molar-refractivity contribution in [1.82, 2.24) is 10.7 Å². The second-order valence-corrected chi connectivity index (χ2v) is 13.6. The Kier molecular flexibility index (Phi) is 9.49. The molecule has 0 bridgehead atoms. The fourth-order valence-corrected chi connectivity index (χ4v) is 8.59. The minimum Gasteiger partial charge on any atom is -0.460 e. The van der Waals surface area contributed by atoms with Gasteiger partial charge in [0.05, 0.1) is 29.6 Å². The minimum atomic E-state index is -2.11. The number of Topliss-reactive ketones (excluding diaryl/α,β-unsaturated/α-hetero) is 1. The highest BCUT2D eigenvalue weighted by Crippen LogP contribution is 2.71. The second kappa shape index (κ2) is 12.8. The predicted octanol–water partition coefficient (Wildman–Crippen LogP) is 2.89. The number of benzene rings is 1. The highest BCUT2D eigenvalue weighted by atomic mass is 19.1. The lowest BCUT2D eigenvalue weighted by atomic mass is 9.43. The number of amides is 1. The number of carbonyl (C=O) groups excluding carboxylic acids is 4. The van der Waals surface area contributed by atoms with E-state index in [1.54, 1.807) is 51.1 Å². The molecule has 0 radical (unpaired) electrons. The molecule has 14 heteroatoms. The Hall–Kier alpha value is -3.53. The molecule has 5 rings (SSSR count). The fraction of sp³-hybridized carbons (Fsp3) is 0.576. The Morgan fingerprint density at radius 1 is 1.04 bits per heavy atom. The van der Waals surface area contributed by atoms with Crippen molar-refractivity contribution in [2.24, 2.45) is 28.1 Å². The average molecular weight is 661 g/mol. The SMILES string of the molecule is C[C@]12C=CC(=O)C=C1CC[C@H]1[C@@H]3C[C@@H](O)[C@@](C)(C(=O)COC(=O)NCC(=O)OCc4cccc(CON(O)O)c4)[C@@]3(C)C[C@H](O)[C@@]12F. The molecule has 0 spiro atoms. The van der Waals surface area contributed by atoms with Crippen LogP contribution in [-0.4, -0.2) is 80.7 Å². The lowest BCUT2D eigenvalue weighted by molar-refractivity contribution is -0.497. The Morgan fingerprint density at radius 2 is 1.74 bits per heavy atom. The highest BCUT2D eigenvalue weighted by Gasteiger charge is 2.75. The third-order valence-corrected chi connectivity index (χ3v) is 11.4. The van der Waals surface area contributed by atoms with Gasteiger partial charge >= 0.3 is 12.1 Å².